The minimum atomic E-state index is -0.140. The summed E-state index contributed by atoms with van der Waals surface area (Å²) in [6.07, 6.45) is 1.51. The number of amides is 1. The highest BCUT2D eigenvalue weighted by Crippen LogP contribution is 2.18. The summed E-state index contributed by atoms with van der Waals surface area (Å²) in [5.74, 6) is -0.180. The van der Waals surface area contributed by atoms with Gasteiger partial charge < -0.3 is 10.1 Å². The van der Waals surface area contributed by atoms with Crippen LogP contribution in [0.2, 0.25) is 0 Å². The van der Waals surface area contributed by atoms with E-state index in [2.05, 4.69) is 10.2 Å². The molecule has 0 bridgehead atoms. The van der Waals surface area contributed by atoms with Crippen molar-refractivity contribution in [2.75, 3.05) is 32.1 Å². The van der Waals surface area contributed by atoms with Gasteiger partial charge in [-0.3, -0.25) is 14.5 Å². The van der Waals surface area contributed by atoms with E-state index in [1.165, 1.54) is 7.11 Å². The van der Waals surface area contributed by atoms with Crippen LogP contribution in [0.25, 0.3) is 0 Å². The molecule has 0 aromatic heterocycles. The zero-order chi connectivity index (χ0) is 15.2. The molecule has 1 aromatic rings. The van der Waals surface area contributed by atoms with Crippen molar-refractivity contribution in [3.8, 4) is 0 Å². The Morgan fingerprint density at radius 2 is 1.86 bits per heavy atom. The standard InChI is InChI=1S/C16H22N2O3/c1-12-3-5-14(6-4-12)17-15(19)11-18-9-7-13(8-10-18)16(20)21-2/h3-6,13H,7-11H2,1-2H3,(H,17,19). The minimum absolute atomic E-state index is 0.0182. The molecule has 0 spiro atoms. The van der Waals surface area contributed by atoms with Gasteiger partial charge >= 0.3 is 5.97 Å². The molecule has 1 amide bonds. The van der Waals surface area contributed by atoms with E-state index in [0.717, 1.165) is 37.2 Å². The van der Waals surface area contributed by atoms with E-state index in [0.29, 0.717) is 6.54 Å². The Balaban J connectivity index is 1.76. The van der Waals surface area contributed by atoms with Crippen molar-refractivity contribution in [2.24, 2.45) is 5.92 Å². The fraction of sp³-hybridized carbons (Fsp3) is 0.500. The van der Waals surface area contributed by atoms with E-state index in [9.17, 15) is 9.59 Å². The van der Waals surface area contributed by atoms with E-state index in [-0.39, 0.29) is 17.8 Å². The number of anilines is 1. The third kappa shape index (κ3) is 4.56. The number of esters is 1. The number of likely N-dealkylation sites (tertiary alicyclic amines) is 1. The maximum absolute atomic E-state index is 12.0. The van der Waals surface area contributed by atoms with Crippen LogP contribution < -0.4 is 5.32 Å². The Hall–Kier alpha value is -1.88. The lowest BCUT2D eigenvalue weighted by molar-refractivity contribution is -0.147. The summed E-state index contributed by atoms with van der Waals surface area (Å²) in [5, 5.41) is 2.89. The zero-order valence-electron chi connectivity index (χ0n) is 12.6. The van der Waals surface area contributed by atoms with Crippen LogP contribution in [0.4, 0.5) is 5.69 Å². The van der Waals surface area contributed by atoms with Crippen LogP contribution in [0.1, 0.15) is 18.4 Å². The van der Waals surface area contributed by atoms with Gasteiger partial charge in [-0.2, -0.15) is 0 Å². The molecule has 1 aliphatic rings. The van der Waals surface area contributed by atoms with Gasteiger partial charge in [0.05, 0.1) is 19.6 Å². The summed E-state index contributed by atoms with van der Waals surface area (Å²) >= 11 is 0. The first-order chi connectivity index (χ1) is 10.1. The maximum Gasteiger partial charge on any atom is 0.308 e. The second kappa shape index (κ2) is 7.22. The molecule has 0 atom stereocenters. The van der Waals surface area contributed by atoms with E-state index >= 15 is 0 Å². The quantitative estimate of drug-likeness (QED) is 0.859. The molecule has 1 aliphatic heterocycles. The summed E-state index contributed by atoms with van der Waals surface area (Å²) < 4.78 is 4.76. The first kappa shape index (κ1) is 15.5. The van der Waals surface area contributed by atoms with Gasteiger partial charge in [0, 0.05) is 5.69 Å². The first-order valence-electron chi connectivity index (χ1n) is 7.25. The second-order valence-corrected chi connectivity index (χ2v) is 5.49. The van der Waals surface area contributed by atoms with Gasteiger partial charge in [0.15, 0.2) is 0 Å². The van der Waals surface area contributed by atoms with Gasteiger partial charge in [0.1, 0.15) is 0 Å². The molecule has 5 nitrogen and oxygen atoms in total. The van der Waals surface area contributed by atoms with Crippen LogP contribution in [0, 0.1) is 12.8 Å². The number of piperidine rings is 1. The Morgan fingerprint density at radius 3 is 2.43 bits per heavy atom. The molecule has 0 radical (unpaired) electrons. The Morgan fingerprint density at radius 1 is 1.24 bits per heavy atom. The van der Waals surface area contributed by atoms with Gasteiger partial charge in [-0.1, -0.05) is 17.7 Å². The maximum atomic E-state index is 12.0. The SMILES string of the molecule is COC(=O)C1CCN(CC(=O)Nc2ccc(C)cc2)CC1. The highest BCUT2D eigenvalue weighted by atomic mass is 16.5. The molecule has 1 N–H and O–H groups in total. The second-order valence-electron chi connectivity index (χ2n) is 5.49. The third-order valence-electron chi connectivity index (χ3n) is 3.82. The van der Waals surface area contributed by atoms with Crippen molar-refractivity contribution in [3.63, 3.8) is 0 Å². The van der Waals surface area contributed by atoms with Gasteiger partial charge in [-0.15, -0.1) is 0 Å². The Kier molecular flexibility index (Phi) is 5.33. The fourth-order valence-corrected chi connectivity index (χ4v) is 2.53. The van der Waals surface area contributed by atoms with Crippen LogP contribution in [0.15, 0.2) is 24.3 Å². The zero-order valence-corrected chi connectivity index (χ0v) is 12.6. The fourth-order valence-electron chi connectivity index (χ4n) is 2.53. The van der Waals surface area contributed by atoms with Crippen molar-refractivity contribution in [1.29, 1.82) is 0 Å². The predicted molar refractivity (Wildman–Crippen MR) is 81.0 cm³/mol. The van der Waals surface area contributed by atoms with Gasteiger partial charge in [0.2, 0.25) is 5.91 Å². The van der Waals surface area contributed by atoms with E-state index in [4.69, 9.17) is 4.74 Å². The highest BCUT2D eigenvalue weighted by Gasteiger charge is 2.26. The summed E-state index contributed by atoms with van der Waals surface area (Å²) in [4.78, 5) is 25.5. The molecular formula is C16H22N2O3. The number of rotatable bonds is 4. The number of hydrogen-bond donors (Lipinski definition) is 1. The summed E-state index contributed by atoms with van der Waals surface area (Å²) in [5.41, 5.74) is 1.98. The summed E-state index contributed by atoms with van der Waals surface area (Å²) in [6, 6.07) is 7.74. The third-order valence-corrected chi connectivity index (χ3v) is 3.82. The van der Waals surface area contributed by atoms with Crippen molar-refractivity contribution in [3.05, 3.63) is 29.8 Å². The van der Waals surface area contributed by atoms with Crippen LogP contribution in [-0.4, -0.2) is 43.5 Å². The number of benzene rings is 1. The molecule has 1 fully saturated rings. The van der Waals surface area contributed by atoms with Crippen molar-refractivity contribution >= 4 is 17.6 Å². The number of ether oxygens (including phenoxy) is 1. The molecular weight excluding hydrogens is 268 g/mol. The predicted octanol–water partition coefficient (Wildman–Crippen LogP) is 1.82. The van der Waals surface area contributed by atoms with Crippen molar-refractivity contribution in [2.45, 2.75) is 19.8 Å². The van der Waals surface area contributed by atoms with E-state index < -0.39 is 0 Å². The van der Waals surface area contributed by atoms with Crippen molar-refractivity contribution < 1.29 is 14.3 Å². The Bertz CT molecular complexity index is 491. The van der Waals surface area contributed by atoms with Crippen LogP contribution in [0.5, 0.6) is 0 Å². The van der Waals surface area contributed by atoms with Gasteiger partial charge in [-0.05, 0) is 45.0 Å². The summed E-state index contributed by atoms with van der Waals surface area (Å²) in [6.45, 7) is 3.88. The largest absolute Gasteiger partial charge is 0.469 e. The number of hydrogen-bond acceptors (Lipinski definition) is 4. The first-order valence-corrected chi connectivity index (χ1v) is 7.25. The average Bonchev–Trinajstić information content (AvgIpc) is 2.49. The number of aryl methyl sites for hydroxylation is 1. The molecule has 114 valence electrons. The molecule has 1 heterocycles. The average molecular weight is 290 g/mol. The van der Waals surface area contributed by atoms with Gasteiger partial charge in [0.25, 0.3) is 0 Å². The molecule has 0 aliphatic carbocycles. The lowest BCUT2D eigenvalue weighted by Crippen LogP contribution is -2.41. The highest BCUT2D eigenvalue weighted by molar-refractivity contribution is 5.92. The normalized spacial score (nSPS) is 16.5. The molecule has 5 heteroatoms. The lowest BCUT2D eigenvalue weighted by Gasteiger charge is -2.29. The van der Waals surface area contributed by atoms with E-state index in [1.807, 2.05) is 31.2 Å². The smallest absolute Gasteiger partial charge is 0.308 e. The number of nitrogens with one attached hydrogen (secondary N) is 1. The molecule has 2 rings (SSSR count). The number of carbonyl (C=O) groups excluding carboxylic acids is 2. The molecule has 1 saturated heterocycles. The Labute approximate surface area is 125 Å². The van der Waals surface area contributed by atoms with Crippen LogP contribution in [0.3, 0.4) is 0 Å². The van der Waals surface area contributed by atoms with E-state index in [1.54, 1.807) is 0 Å². The van der Waals surface area contributed by atoms with Crippen molar-refractivity contribution in [1.82, 2.24) is 4.90 Å². The number of nitrogens with zero attached hydrogens (tertiary/aromatic N) is 1. The topological polar surface area (TPSA) is 58.6 Å². The molecule has 1 aromatic carbocycles. The summed E-state index contributed by atoms with van der Waals surface area (Å²) in [7, 11) is 1.42. The molecule has 0 saturated carbocycles. The number of methoxy groups -OCH3 is 1. The lowest BCUT2D eigenvalue weighted by atomic mass is 9.97. The van der Waals surface area contributed by atoms with Gasteiger partial charge in [-0.25, -0.2) is 0 Å². The molecule has 21 heavy (non-hydrogen) atoms. The van der Waals surface area contributed by atoms with Crippen LogP contribution >= 0.6 is 0 Å². The monoisotopic (exact) mass is 290 g/mol. The minimum Gasteiger partial charge on any atom is -0.469 e. The number of carbonyl (C=O) groups is 2. The van der Waals surface area contributed by atoms with Crippen LogP contribution in [-0.2, 0) is 14.3 Å². The molecule has 0 unspecified atom stereocenters.